The van der Waals surface area contributed by atoms with E-state index in [9.17, 15) is 8.78 Å². The Morgan fingerprint density at radius 3 is 1.73 bits per heavy atom. The number of ether oxygens (including phenoxy) is 1. The van der Waals surface area contributed by atoms with Crippen molar-refractivity contribution in [1.29, 1.82) is 0 Å². The largest absolute Gasteiger partial charge is 0.437 e. The van der Waals surface area contributed by atoms with Gasteiger partial charge in [-0.05, 0) is 33.3 Å². The van der Waals surface area contributed by atoms with Crippen molar-refractivity contribution in [1.82, 2.24) is 0 Å². The molecule has 1 rings (SSSR count). The van der Waals surface area contributed by atoms with Gasteiger partial charge in [-0.3, -0.25) is 0 Å². The normalized spacial score (nSPS) is 27.1. The van der Waals surface area contributed by atoms with Gasteiger partial charge in [0.05, 0.1) is 11.2 Å². The molecule has 0 aliphatic carbocycles. The molecule has 11 heavy (non-hydrogen) atoms. The summed E-state index contributed by atoms with van der Waals surface area (Å²) in [6, 6.07) is 0. The lowest BCUT2D eigenvalue weighted by Crippen LogP contribution is -2.33. The Balaban J connectivity index is 3.08. The molecule has 0 aromatic rings. The van der Waals surface area contributed by atoms with E-state index in [1.165, 1.54) is 13.8 Å². The molecular weight excluding hydrogens is 150 g/mol. The Bertz CT molecular complexity index is 216. The van der Waals surface area contributed by atoms with Gasteiger partial charge in [0.1, 0.15) is 0 Å². The van der Waals surface area contributed by atoms with Gasteiger partial charge in [0.2, 0.25) is 0 Å². The lowest BCUT2D eigenvalue weighted by atomic mass is 9.85. The van der Waals surface area contributed by atoms with Crippen LogP contribution in [0, 0.1) is 5.41 Å². The fourth-order valence-electron chi connectivity index (χ4n) is 1.05. The number of hydrogen-bond donors (Lipinski definition) is 0. The summed E-state index contributed by atoms with van der Waals surface area (Å²) < 4.78 is 30.3. The van der Waals surface area contributed by atoms with E-state index in [0.29, 0.717) is 11.3 Å². The minimum absolute atomic E-state index is 0.347. The van der Waals surface area contributed by atoms with Crippen molar-refractivity contribution in [2.24, 2.45) is 5.41 Å². The Kier molecular flexibility index (Phi) is 1.51. The quantitative estimate of drug-likeness (QED) is 0.532. The molecule has 0 aromatic heterocycles. The van der Waals surface area contributed by atoms with Gasteiger partial charge in [-0.25, -0.2) is 0 Å². The molecule has 0 unspecified atom stereocenters. The average Bonchev–Trinajstić information content (AvgIpc) is 1.93. The van der Waals surface area contributed by atoms with Crippen LogP contribution >= 0.6 is 0 Å². The predicted octanol–water partition coefficient (Wildman–Crippen LogP) is 2.93. The van der Waals surface area contributed by atoms with Gasteiger partial charge in [-0.1, -0.05) is 0 Å². The van der Waals surface area contributed by atoms with E-state index in [1.54, 1.807) is 13.8 Å². The minimum Gasteiger partial charge on any atom is -0.437 e. The zero-order valence-corrected chi connectivity index (χ0v) is 7.16. The smallest absolute Gasteiger partial charge is 0.406 e. The van der Waals surface area contributed by atoms with E-state index >= 15 is 0 Å². The minimum atomic E-state index is -3.04. The number of rotatable bonds is 0. The first-order valence-electron chi connectivity index (χ1n) is 3.54. The molecule has 3 heteroatoms. The van der Waals surface area contributed by atoms with E-state index in [1.807, 2.05) is 0 Å². The van der Waals surface area contributed by atoms with Crippen LogP contribution in [0.4, 0.5) is 8.78 Å². The fourth-order valence-corrected chi connectivity index (χ4v) is 1.05. The first-order chi connectivity index (χ1) is 4.79. The number of alkyl halides is 2. The molecule has 0 N–H and O–H groups in total. The number of allylic oxidation sites excluding steroid dienone is 1. The molecule has 0 spiro atoms. The molecule has 1 aliphatic heterocycles. The van der Waals surface area contributed by atoms with Crippen molar-refractivity contribution >= 4 is 0 Å². The average molecular weight is 162 g/mol. The van der Waals surface area contributed by atoms with Gasteiger partial charge in [0, 0.05) is 0 Å². The van der Waals surface area contributed by atoms with Gasteiger partial charge in [0.25, 0.3) is 0 Å². The summed E-state index contributed by atoms with van der Waals surface area (Å²) in [6.45, 7) is 6.21. The summed E-state index contributed by atoms with van der Waals surface area (Å²) in [5.74, 6) is 0.347. The van der Waals surface area contributed by atoms with Gasteiger partial charge in [0.15, 0.2) is 0 Å². The van der Waals surface area contributed by atoms with Gasteiger partial charge >= 0.3 is 6.11 Å². The zero-order valence-electron chi connectivity index (χ0n) is 7.16. The SMILES string of the molecule is CC1=C(C)C(C)(C)C(F)(F)O1. The molecule has 0 radical (unpaired) electrons. The van der Waals surface area contributed by atoms with E-state index in [0.717, 1.165) is 0 Å². The predicted molar refractivity (Wildman–Crippen MR) is 38.2 cm³/mol. The molecule has 1 heterocycles. The van der Waals surface area contributed by atoms with Crippen molar-refractivity contribution < 1.29 is 13.5 Å². The molecule has 64 valence electrons. The third kappa shape index (κ3) is 0.940. The number of hydrogen-bond acceptors (Lipinski definition) is 1. The Labute approximate surface area is 65.0 Å². The van der Waals surface area contributed by atoms with E-state index in [4.69, 9.17) is 0 Å². The van der Waals surface area contributed by atoms with Crippen LogP contribution in [0.5, 0.6) is 0 Å². The molecular formula is C8H12F2O. The maximum absolute atomic E-state index is 13.0. The second-order valence-corrected chi connectivity index (χ2v) is 3.43. The van der Waals surface area contributed by atoms with E-state index < -0.39 is 11.5 Å². The third-order valence-corrected chi connectivity index (χ3v) is 2.47. The highest BCUT2D eigenvalue weighted by molar-refractivity contribution is 5.21. The van der Waals surface area contributed by atoms with Gasteiger partial charge < -0.3 is 4.74 Å². The molecule has 0 aromatic carbocycles. The Hall–Kier alpha value is -0.600. The molecule has 1 nitrogen and oxygen atoms in total. The Morgan fingerprint density at radius 1 is 1.18 bits per heavy atom. The molecule has 0 saturated carbocycles. The summed E-state index contributed by atoms with van der Waals surface area (Å²) in [5.41, 5.74) is -0.528. The zero-order chi connectivity index (χ0) is 8.86. The topological polar surface area (TPSA) is 9.23 Å². The number of halogens is 2. The molecule has 0 bridgehead atoms. The maximum Gasteiger partial charge on any atom is 0.406 e. The summed E-state index contributed by atoms with van der Waals surface area (Å²) in [4.78, 5) is 0. The lowest BCUT2D eigenvalue weighted by molar-refractivity contribution is -0.248. The second-order valence-electron chi connectivity index (χ2n) is 3.43. The molecule has 0 atom stereocenters. The molecule has 0 saturated heterocycles. The fraction of sp³-hybridized carbons (Fsp3) is 0.750. The van der Waals surface area contributed by atoms with Gasteiger partial charge in [-0.15, -0.1) is 0 Å². The standard InChI is InChI=1S/C8H12F2O/c1-5-6(2)11-8(9,10)7(5,3)4/h1-4H3. The van der Waals surface area contributed by atoms with Crippen LogP contribution < -0.4 is 0 Å². The Morgan fingerprint density at radius 2 is 1.64 bits per heavy atom. The third-order valence-electron chi connectivity index (χ3n) is 2.47. The van der Waals surface area contributed by atoms with Crippen LogP contribution in [0.3, 0.4) is 0 Å². The van der Waals surface area contributed by atoms with Gasteiger partial charge in [-0.2, -0.15) is 8.78 Å². The van der Waals surface area contributed by atoms with Crippen LogP contribution in [0.15, 0.2) is 11.3 Å². The van der Waals surface area contributed by atoms with E-state index in [-0.39, 0.29) is 0 Å². The van der Waals surface area contributed by atoms with Crippen molar-refractivity contribution in [2.45, 2.75) is 33.8 Å². The van der Waals surface area contributed by atoms with Crippen LogP contribution in [0.2, 0.25) is 0 Å². The monoisotopic (exact) mass is 162 g/mol. The summed E-state index contributed by atoms with van der Waals surface area (Å²) in [5, 5.41) is 0. The van der Waals surface area contributed by atoms with Crippen LogP contribution in [0.25, 0.3) is 0 Å². The summed E-state index contributed by atoms with van der Waals surface area (Å²) >= 11 is 0. The molecule has 1 aliphatic rings. The molecule has 0 fully saturated rings. The maximum atomic E-state index is 13.0. The molecule has 0 amide bonds. The van der Waals surface area contributed by atoms with Crippen molar-refractivity contribution in [3.63, 3.8) is 0 Å². The van der Waals surface area contributed by atoms with E-state index in [2.05, 4.69) is 4.74 Å². The summed E-state index contributed by atoms with van der Waals surface area (Å²) in [6.07, 6.45) is -3.04. The lowest BCUT2D eigenvalue weighted by Gasteiger charge is -2.25. The van der Waals surface area contributed by atoms with Crippen LogP contribution in [-0.4, -0.2) is 6.11 Å². The first-order valence-corrected chi connectivity index (χ1v) is 3.54. The van der Waals surface area contributed by atoms with Crippen molar-refractivity contribution in [3.8, 4) is 0 Å². The summed E-state index contributed by atoms with van der Waals surface area (Å²) in [7, 11) is 0. The van der Waals surface area contributed by atoms with Crippen LogP contribution in [0.1, 0.15) is 27.7 Å². The highest BCUT2D eigenvalue weighted by Gasteiger charge is 2.55. The van der Waals surface area contributed by atoms with Crippen LogP contribution in [-0.2, 0) is 4.74 Å². The first kappa shape index (κ1) is 8.50. The van der Waals surface area contributed by atoms with Crippen molar-refractivity contribution in [2.75, 3.05) is 0 Å². The van der Waals surface area contributed by atoms with Crippen molar-refractivity contribution in [3.05, 3.63) is 11.3 Å². The highest BCUT2D eigenvalue weighted by Crippen LogP contribution is 2.50. The highest BCUT2D eigenvalue weighted by atomic mass is 19.3. The second kappa shape index (κ2) is 1.96.